The van der Waals surface area contributed by atoms with E-state index in [2.05, 4.69) is 10.4 Å². The van der Waals surface area contributed by atoms with Crippen LogP contribution in [0.4, 0.5) is 10.2 Å². The molecule has 3 aromatic rings. The quantitative estimate of drug-likeness (QED) is 0.745. The van der Waals surface area contributed by atoms with Gasteiger partial charge in [0.2, 0.25) is 0 Å². The number of halogens is 1. The molecule has 0 aliphatic heterocycles. The highest BCUT2D eigenvalue weighted by Crippen LogP contribution is 2.26. The molecule has 0 spiro atoms. The van der Waals surface area contributed by atoms with Crippen LogP contribution >= 0.6 is 11.3 Å². The van der Waals surface area contributed by atoms with Gasteiger partial charge in [0.15, 0.2) is 0 Å². The van der Waals surface area contributed by atoms with Crippen molar-refractivity contribution < 1.29 is 14.3 Å². The van der Waals surface area contributed by atoms with Crippen LogP contribution in [-0.2, 0) is 6.54 Å². The maximum absolute atomic E-state index is 13.6. The van der Waals surface area contributed by atoms with Crippen molar-refractivity contribution in [3.8, 4) is 10.6 Å². The SMILES string of the molecule is Cc1ccc(C(=O)Nc2cc(-c3cccs3)nn2CCO)cc1F. The van der Waals surface area contributed by atoms with Gasteiger partial charge in [0.05, 0.1) is 18.0 Å². The lowest BCUT2D eigenvalue weighted by atomic mass is 10.1. The fourth-order valence-corrected chi connectivity index (χ4v) is 2.93. The second-order valence-corrected chi connectivity index (χ2v) is 6.20. The number of benzene rings is 1. The van der Waals surface area contributed by atoms with Crippen LogP contribution in [0.3, 0.4) is 0 Å². The van der Waals surface area contributed by atoms with E-state index in [0.717, 1.165) is 4.88 Å². The van der Waals surface area contributed by atoms with E-state index >= 15 is 0 Å². The van der Waals surface area contributed by atoms with Gasteiger partial charge >= 0.3 is 0 Å². The van der Waals surface area contributed by atoms with Crippen LogP contribution in [0.1, 0.15) is 15.9 Å². The third kappa shape index (κ3) is 3.37. The summed E-state index contributed by atoms with van der Waals surface area (Å²) in [5.74, 6) is -0.394. The number of aliphatic hydroxyl groups is 1. The molecule has 0 bridgehead atoms. The molecular formula is C17H16FN3O2S. The first-order valence-corrected chi connectivity index (χ1v) is 8.26. The van der Waals surface area contributed by atoms with Gasteiger partial charge < -0.3 is 10.4 Å². The lowest BCUT2D eigenvalue weighted by Crippen LogP contribution is -2.17. The van der Waals surface area contributed by atoms with Crippen LogP contribution in [0, 0.1) is 12.7 Å². The summed E-state index contributed by atoms with van der Waals surface area (Å²) in [4.78, 5) is 13.3. The molecule has 0 radical (unpaired) electrons. The van der Waals surface area contributed by atoms with Crippen molar-refractivity contribution in [2.45, 2.75) is 13.5 Å². The minimum atomic E-state index is -0.425. The molecular weight excluding hydrogens is 329 g/mol. The highest BCUT2D eigenvalue weighted by Gasteiger charge is 2.14. The third-order valence-electron chi connectivity index (χ3n) is 3.54. The zero-order valence-corrected chi connectivity index (χ0v) is 13.8. The highest BCUT2D eigenvalue weighted by atomic mass is 32.1. The van der Waals surface area contributed by atoms with E-state index in [4.69, 9.17) is 0 Å². The van der Waals surface area contributed by atoms with E-state index in [1.807, 2.05) is 17.5 Å². The number of amides is 1. The minimum Gasteiger partial charge on any atom is -0.394 e. The molecule has 0 saturated carbocycles. The molecule has 24 heavy (non-hydrogen) atoms. The number of aliphatic hydroxyl groups excluding tert-OH is 1. The Labute approximate surface area is 142 Å². The second kappa shape index (κ2) is 6.94. The Bertz CT molecular complexity index is 859. The van der Waals surface area contributed by atoms with E-state index in [9.17, 15) is 14.3 Å². The number of hydrogen-bond acceptors (Lipinski definition) is 4. The number of rotatable bonds is 5. The van der Waals surface area contributed by atoms with Crippen molar-refractivity contribution in [2.24, 2.45) is 0 Å². The van der Waals surface area contributed by atoms with Gasteiger partial charge in [-0.3, -0.25) is 4.79 Å². The van der Waals surface area contributed by atoms with Crippen LogP contribution in [0.15, 0.2) is 41.8 Å². The number of aryl methyl sites for hydroxylation is 1. The minimum absolute atomic E-state index is 0.104. The van der Waals surface area contributed by atoms with Crippen molar-refractivity contribution in [2.75, 3.05) is 11.9 Å². The van der Waals surface area contributed by atoms with Crippen LogP contribution < -0.4 is 5.32 Å². The van der Waals surface area contributed by atoms with E-state index in [1.54, 1.807) is 25.1 Å². The molecule has 7 heteroatoms. The van der Waals surface area contributed by atoms with Crippen LogP contribution in [-0.4, -0.2) is 27.4 Å². The summed E-state index contributed by atoms with van der Waals surface area (Å²) in [5.41, 5.74) is 1.42. The van der Waals surface area contributed by atoms with E-state index in [1.165, 1.54) is 22.1 Å². The molecule has 0 aliphatic carbocycles. The summed E-state index contributed by atoms with van der Waals surface area (Å²) in [6, 6.07) is 9.92. The molecule has 0 saturated heterocycles. The Morgan fingerprint density at radius 3 is 2.88 bits per heavy atom. The largest absolute Gasteiger partial charge is 0.394 e. The Morgan fingerprint density at radius 2 is 2.21 bits per heavy atom. The van der Waals surface area contributed by atoms with Crippen LogP contribution in [0.2, 0.25) is 0 Å². The summed E-state index contributed by atoms with van der Waals surface area (Å²) in [7, 11) is 0. The molecule has 1 amide bonds. The lowest BCUT2D eigenvalue weighted by molar-refractivity contribution is 0.102. The van der Waals surface area contributed by atoms with Crippen molar-refractivity contribution in [1.82, 2.24) is 9.78 Å². The normalized spacial score (nSPS) is 10.8. The molecule has 2 aromatic heterocycles. The molecule has 2 heterocycles. The molecule has 0 unspecified atom stereocenters. The summed E-state index contributed by atoms with van der Waals surface area (Å²) in [6.45, 7) is 1.79. The van der Waals surface area contributed by atoms with Gasteiger partial charge in [0.1, 0.15) is 17.3 Å². The summed E-state index contributed by atoms with van der Waals surface area (Å²) >= 11 is 1.53. The molecule has 1 aromatic carbocycles. The average Bonchev–Trinajstić information content (AvgIpc) is 3.20. The third-order valence-corrected chi connectivity index (χ3v) is 4.43. The van der Waals surface area contributed by atoms with E-state index < -0.39 is 11.7 Å². The number of nitrogens with one attached hydrogen (secondary N) is 1. The number of hydrogen-bond donors (Lipinski definition) is 2. The molecule has 3 rings (SSSR count). The number of thiophene rings is 1. The standard InChI is InChI=1S/C17H16FN3O2S/c1-11-4-5-12(9-13(11)18)17(23)19-16-10-14(15-3-2-8-24-15)20-21(16)6-7-22/h2-5,8-10,22H,6-7H2,1H3,(H,19,23). The number of carbonyl (C=O) groups is 1. The monoisotopic (exact) mass is 345 g/mol. The number of aromatic nitrogens is 2. The molecule has 5 nitrogen and oxygen atoms in total. The predicted molar refractivity (Wildman–Crippen MR) is 91.7 cm³/mol. The van der Waals surface area contributed by atoms with Gasteiger partial charge in [-0.05, 0) is 36.1 Å². The average molecular weight is 345 g/mol. The van der Waals surface area contributed by atoms with Gasteiger partial charge in [-0.15, -0.1) is 11.3 Å². The van der Waals surface area contributed by atoms with Gasteiger partial charge in [-0.25, -0.2) is 9.07 Å². The summed E-state index contributed by atoms with van der Waals surface area (Å²) in [5, 5.41) is 18.2. The van der Waals surface area contributed by atoms with Gasteiger partial charge in [0, 0.05) is 11.6 Å². The number of nitrogens with zero attached hydrogens (tertiary/aromatic N) is 2. The summed E-state index contributed by atoms with van der Waals surface area (Å²) in [6.07, 6.45) is 0. The second-order valence-electron chi connectivity index (χ2n) is 5.26. The van der Waals surface area contributed by atoms with Gasteiger partial charge in [-0.2, -0.15) is 5.10 Å². The lowest BCUT2D eigenvalue weighted by Gasteiger charge is -2.08. The predicted octanol–water partition coefficient (Wildman–Crippen LogP) is 3.30. The van der Waals surface area contributed by atoms with E-state index in [-0.39, 0.29) is 18.7 Å². The summed E-state index contributed by atoms with van der Waals surface area (Å²) < 4.78 is 15.2. The van der Waals surface area contributed by atoms with Crippen molar-refractivity contribution in [3.05, 3.63) is 58.7 Å². The first-order valence-electron chi connectivity index (χ1n) is 7.38. The molecule has 0 fully saturated rings. The van der Waals surface area contributed by atoms with Gasteiger partial charge in [-0.1, -0.05) is 12.1 Å². The molecule has 0 atom stereocenters. The Balaban J connectivity index is 1.87. The van der Waals surface area contributed by atoms with Crippen LogP contribution in [0.25, 0.3) is 10.6 Å². The van der Waals surface area contributed by atoms with Crippen LogP contribution in [0.5, 0.6) is 0 Å². The molecule has 2 N–H and O–H groups in total. The van der Waals surface area contributed by atoms with E-state index in [0.29, 0.717) is 17.1 Å². The number of anilines is 1. The fourth-order valence-electron chi connectivity index (χ4n) is 2.25. The first kappa shape index (κ1) is 16.4. The molecule has 124 valence electrons. The number of carbonyl (C=O) groups excluding carboxylic acids is 1. The maximum Gasteiger partial charge on any atom is 0.256 e. The topological polar surface area (TPSA) is 67.2 Å². The fraction of sp³-hybridized carbons (Fsp3) is 0.176. The Hall–Kier alpha value is -2.51. The Kier molecular flexibility index (Phi) is 4.73. The van der Waals surface area contributed by atoms with Crippen molar-refractivity contribution >= 4 is 23.1 Å². The van der Waals surface area contributed by atoms with Crippen molar-refractivity contribution in [1.29, 1.82) is 0 Å². The smallest absolute Gasteiger partial charge is 0.256 e. The zero-order chi connectivity index (χ0) is 17.1. The van der Waals surface area contributed by atoms with Crippen molar-refractivity contribution in [3.63, 3.8) is 0 Å². The highest BCUT2D eigenvalue weighted by molar-refractivity contribution is 7.13. The maximum atomic E-state index is 13.6. The van der Waals surface area contributed by atoms with Gasteiger partial charge in [0.25, 0.3) is 5.91 Å². The Morgan fingerprint density at radius 1 is 1.38 bits per heavy atom. The first-order chi connectivity index (χ1) is 11.6. The zero-order valence-electron chi connectivity index (χ0n) is 13.0. The molecule has 0 aliphatic rings.